The van der Waals surface area contributed by atoms with Crippen LogP contribution in [-0.2, 0) is 11.2 Å². The van der Waals surface area contributed by atoms with Crippen molar-refractivity contribution in [2.75, 3.05) is 19.6 Å². The molecule has 23 heavy (non-hydrogen) atoms. The van der Waals surface area contributed by atoms with Crippen LogP contribution in [0.4, 0.5) is 9.18 Å². The monoisotopic (exact) mass is 321 g/mol. The van der Waals surface area contributed by atoms with Crippen molar-refractivity contribution >= 4 is 11.9 Å². The van der Waals surface area contributed by atoms with Crippen molar-refractivity contribution in [3.05, 3.63) is 35.6 Å². The molecule has 0 saturated carbocycles. The van der Waals surface area contributed by atoms with E-state index >= 15 is 0 Å². The second-order valence-electron chi connectivity index (χ2n) is 5.87. The summed E-state index contributed by atoms with van der Waals surface area (Å²) >= 11 is 0. The predicted octanol–water partition coefficient (Wildman–Crippen LogP) is 2.07. The van der Waals surface area contributed by atoms with E-state index in [2.05, 4.69) is 10.6 Å². The van der Waals surface area contributed by atoms with Crippen molar-refractivity contribution < 1.29 is 14.0 Å². The molecule has 126 valence electrons. The molecule has 1 aromatic rings. The largest absolute Gasteiger partial charge is 0.353 e. The van der Waals surface area contributed by atoms with E-state index in [1.165, 1.54) is 12.1 Å². The second-order valence-corrected chi connectivity index (χ2v) is 5.87. The van der Waals surface area contributed by atoms with Gasteiger partial charge in [0, 0.05) is 25.7 Å². The molecule has 1 heterocycles. The number of amides is 3. The van der Waals surface area contributed by atoms with Crippen molar-refractivity contribution in [2.45, 2.75) is 38.6 Å². The maximum atomic E-state index is 13.1. The normalized spacial score (nSPS) is 15.3. The van der Waals surface area contributed by atoms with E-state index in [9.17, 15) is 14.0 Å². The lowest BCUT2D eigenvalue weighted by Gasteiger charge is -2.32. The molecule has 3 amide bonds. The molecule has 2 rings (SSSR count). The van der Waals surface area contributed by atoms with Gasteiger partial charge in [0.25, 0.3) is 0 Å². The third-order valence-corrected chi connectivity index (χ3v) is 3.93. The number of carbonyl (C=O) groups excluding carboxylic acids is 2. The summed E-state index contributed by atoms with van der Waals surface area (Å²) < 4.78 is 13.1. The van der Waals surface area contributed by atoms with E-state index in [1.807, 2.05) is 6.92 Å². The summed E-state index contributed by atoms with van der Waals surface area (Å²) in [4.78, 5) is 25.7. The maximum Gasteiger partial charge on any atom is 0.317 e. The Labute approximate surface area is 136 Å². The third-order valence-electron chi connectivity index (χ3n) is 3.93. The topological polar surface area (TPSA) is 61.4 Å². The molecule has 1 fully saturated rings. The third kappa shape index (κ3) is 5.54. The Kier molecular flexibility index (Phi) is 6.38. The Hall–Kier alpha value is -2.11. The number of carbonyl (C=O) groups is 2. The predicted molar refractivity (Wildman–Crippen MR) is 86.5 cm³/mol. The Bertz CT molecular complexity index is 542. The lowest BCUT2D eigenvalue weighted by Crippen LogP contribution is -2.49. The number of hydrogen-bond acceptors (Lipinski definition) is 2. The molecular formula is C17H24FN3O2. The first-order valence-electron chi connectivity index (χ1n) is 8.15. The van der Waals surface area contributed by atoms with Crippen LogP contribution in [0.2, 0.25) is 0 Å². The number of benzene rings is 1. The zero-order chi connectivity index (χ0) is 16.7. The van der Waals surface area contributed by atoms with Crippen LogP contribution in [0, 0.1) is 5.82 Å². The Morgan fingerprint density at radius 3 is 2.70 bits per heavy atom. The number of urea groups is 1. The second kappa shape index (κ2) is 8.50. The van der Waals surface area contributed by atoms with Gasteiger partial charge in [0.2, 0.25) is 5.91 Å². The highest BCUT2D eigenvalue weighted by atomic mass is 19.1. The summed E-state index contributed by atoms with van der Waals surface area (Å²) in [6.07, 6.45) is 2.58. The van der Waals surface area contributed by atoms with Crippen LogP contribution in [0.15, 0.2) is 24.3 Å². The number of piperidine rings is 1. The van der Waals surface area contributed by atoms with Crippen LogP contribution >= 0.6 is 0 Å². The van der Waals surface area contributed by atoms with E-state index in [4.69, 9.17) is 0 Å². The molecule has 0 unspecified atom stereocenters. The number of rotatable bonds is 5. The van der Waals surface area contributed by atoms with Crippen molar-refractivity contribution in [1.29, 1.82) is 0 Å². The molecule has 2 N–H and O–H groups in total. The van der Waals surface area contributed by atoms with E-state index in [1.54, 1.807) is 17.0 Å². The standard InChI is InChI=1S/C17H24FN3O2/c1-2-8-19-17(23)21-9-6-15(7-10-21)20-16(22)12-13-4-3-5-14(18)11-13/h3-5,11,15H,2,6-10,12H2,1H3,(H,19,23)(H,20,22). The average molecular weight is 321 g/mol. The first-order chi connectivity index (χ1) is 11.1. The molecule has 6 heteroatoms. The lowest BCUT2D eigenvalue weighted by molar-refractivity contribution is -0.121. The first kappa shape index (κ1) is 17.2. The van der Waals surface area contributed by atoms with Gasteiger partial charge in [-0.25, -0.2) is 9.18 Å². The van der Waals surface area contributed by atoms with E-state index in [0.717, 1.165) is 19.3 Å². The molecule has 0 radical (unpaired) electrons. The molecule has 0 bridgehead atoms. The fraction of sp³-hybridized carbons (Fsp3) is 0.529. The molecule has 5 nitrogen and oxygen atoms in total. The number of hydrogen-bond donors (Lipinski definition) is 2. The lowest BCUT2D eigenvalue weighted by atomic mass is 10.0. The van der Waals surface area contributed by atoms with Crippen LogP contribution in [0.25, 0.3) is 0 Å². The summed E-state index contributed by atoms with van der Waals surface area (Å²) in [7, 11) is 0. The van der Waals surface area contributed by atoms with Gasteiger partial charge in [0.15, 0.2) is 0 Å². The zero-order valence-corrected chi connectivity index (χ0v) is 13.5. The highest BCUT2D eigenvalue weighted by Gasteiger charge is 2.23. The van der Waals surface area contributed by atoms with Gasteiger partial charge in [-0.2, -0.15) is 0 Å². The van der Waals surface area contributed by atoms with Crippen LogP contribution in [-0.4, -0.2) is 42.5 Å². The van der Waals surface area contributed by atoms with Crippen LogP contribution in [0.5, 0.6) is 0 Å². The fourth-order valence-electron chi connectivity index (χ4n) is 2.68. The zero-order valence-electron chi connectivity index (χ0n) is 13.5. The van der Waals surface area contributed by atoms with Gasteiger partial charge in [-0.3, -0.25) is 4.79 Å². The number of nitrogens with zero attached hydrogens (tertiary/aromatic N) is 1. The summed E-state index contributed by atoms with van der Waals surface area (Å²) in [6.45, 7) is 3.98. The summed E-state index contributed by atoms with van der Waals surface area (Å²) in [5, 5.41) is 5.83. The minimum absolute atomic E-state index is 0.0311. The molecule has 1 aliphatic rings. The van der Waals surface area contributed by atoms with Crippen molar-refractivity contribution in [3.63, 3.8) is 0 Å². The Balaban J connectivity index is 1.73. The van der Waals surface area contributed by atoms with Crippen molar-refractivity contribution in [1.82, 2.24) is 15.5 Å². The van der Waals surface area contributed by atoms with Gasteiger partial charge in [0.05, 0.1) is 6.42 Å². The molecule has 0 aliphatic carbocycles. The van der Waals surface area contributed by atoms with Crippen molar-refractivity contribution in [3.8, 4) is 0 Å². The SMILES string of the molecule is CCCNC(=O)N1CCC(NC(=O)Cc2cccc(F)c2)CC1. The molecule has 1 aromatic carbocycles. The Morgan fingerprint density at radius 2 is 2.04 bits per heavy atom. The smallest absolute Gasteiger partial charge is 0.317 e. The summed E-state index contributed by atoms with van der Waals surface area (Å²) in [5.74, 6) is -0.439. The van der Waals surface area contributed by atoms with Crippen molar-refractivity contribution in [2.24, 2.45) is 0 Å². The van der Waals surface area contributed by atoms with E-state index < -0.39 is 0 Å². The molecule has 1 saturated heterocycles. The number of nitrogens with one attached hydrogen (secondary N) is 2. The first-order valence-corrected chi connectivity index (χ1v) is 8.15. The summed E-state index contributed by atoms with van der Waals surface area (Å²) in [6, 6.07) is 6.12. The highest BCUT2D eigenvalue weighted by molar-refractivity contribution is 5.79. The molecule has 0 spiro atoms. The van der Waals surface area contributed by atoms with Gasteiger partial charge in [-0.1, -0.05) is 19.1 Å². The quantitative estimate of drug-likeness (QED) is 0.872. The van der Waals surface area contributed by atoms with Crippen LogP contribution in [0.1, 0.15) is 31.7 Å². The molecule has 0 aromatic heterocycles. The van der Waals surface area contributed by atoms with Gasteiger partial charge >= 0.3 is 6.03 Å². The minimum Gasteiger partial charge on any atom is -0.353 e. The molecule has 1 aliphatic heterocycles. The van der Waals surface area contributed by atoms with Gasteiger partial charge < -0.3 is 15.5 Å². The van der Waals surface area contributed by atoms with Gasteiger partial charge in [-0.05, 0) is 37.0 Å². The van der Waals surface area contributed by atoms with E-state index in [-0.39, 0.29) is 30.2 Å². The Morgan fingerprint density at radius 1 is 1.30 bits per heavy atom. The summed E-state index contributed by atoms with van der Waals surface area (Å²) in [5.41, 5.74) is 0.666. The molecular weight excluding hydrogens is 297 g/mol. The fourth-order valence-corrected chi connectivity index (χ4v) is 2.68. The van der Waals surface area contributed by atoms with Gasteiger partial charge in [0.1, 0.15) is 5.82 Å². The van der Waals surface area contributed by atoms with E-state index in [0.29, 0.717) is 25.2 Å². The number of halogens is 1. The molecule has 0 atom stereocenters. The number of likely N-dealkylation sites (tertiary alicyclic amines) is 1. The van der Waals surface area contributed by atoms with Gasteiger partial charge in [-0.15, -0.1) is 0 Å². The van der Waals surface area contributed by atoms with Crippen LogP contribution in [0.3, 0.4) is 0 Å². The highest BCUT2D eigenvalue weighted by Crippen LogP contribution is 2.11. The maximum absolute atomic E-state index is 13.1. The van der Waals surface area contributed by atoms with Crippen LogP contribution < -0.4 is 10.6 Å². The average Bonchev–Trinajstić information content (AvgIpc) is 2.53. The minimum atomic E-state index is -0.332.